The van der Waals surface area contributed by atoms with Crippen LogP contribution >= 0.6 is 0 Å². The average molecular weight is 399 g/mol. The normalized spacial score (nSPS) is 24.3. The Morgan fingerprint density at radius 3 is 1.59 bits per heavy atom. The molecule has 0 bridgehead atoms. The van der Waals surface area contributed by atoms with Gasteiger partial charge in [-0.2, -0.15) is 0 Å². The van der Waals surface area contributed by atoms with Crippen LogP contribution in [0.15, 0.2) is 47.5 Å². The first-order valence-corrected chi connectivity index (χ1v) is 14.3. The second-order valence-electron chi connectivity index (χ2n) is 9.61. The number of benzene rings is 2. The van der Waals surface area contributed by atoms with Crippen LogP contribution in [0, 0.1) is 13.8 Å². The number of aryl methyl sites for hydroxylation is 2. The molecule has 0 nitrogen and oxygen atoms in total. The average Bonchev–Trinajstić information content (AvgIpc) is 3.43. The van der Waals surface area contributed by atoms with Crippen LogP contribution < -0.4 is 0 Å². The van der Waals surface area contributed by atoms with Crippen LogP contribution in [0.25, 0.3) is 12.2 Å². The molecular formula is C28H34Si. The molecule has 0 radical (unpaired) electrons. The first-order chi connectivity index (χ1) is 14.1. The minimum atomic E-state index is -1.62. The molecule has 0 N–H and O–H groups in total. The monoisotopic (exact) mass is 398 g/mol. The van der Waals surface area contributed by atoms with E-state index < -0.39 is 8.07 Å². The Hall–Kier alpha value is -1.86. The summed E-state index contributed by atoms with van der Waals surface area (Å²) in [6.07, 6.45) is 10.5. The van der Waals surface area contributed by atoms with Gasteiger partial charge in [-0.3, -0.25) is 0 Å². The number of fused-ring (bicyclic) bond motifs is 2. The van der Waals surface area contributed by atoms with Gasteiger partial charge >= 0.3 is 0 Å². The molecular weight excluding hydrogens is 364 g/mol. The van der Waals surface area contributed by atoms with E-state index in [0.29, 0.717) is 0 Å². The molecule has 1 heterocycles. The van der Waals surface area contributed by atoms with Crippen molar-refractivity contribution in [3.63, 3.8) is 0 Å². The number of allylic oxidation sites excluding steroid dienone is 2. The molecule has 29 heavy (non-hydrogen) atoms. The number of hydrogen-bond acceptors (Lipinski definition) is 0. The highest BCUT2D eigenvalue weighted by molar-refractivity contribution is 6.84. The van der Waals surface area contributed by atoms with Gasteiger partial charge in [0.2, 0.25) is 0 Å². The molecule has 1 heteroatoms. The Bertz CT molecular complexity index is 939. The van der Waals surface area contributed by atoms with E-state index in [1.54, 1.807) is 33.4 Å². The van der Waals surface area contributed by atoms with E-state index in [4.69, 9.17) is 0 Å². The molecule has 5 rings (SSSR count). The van der Waals surface area contributed by atoms with Gasteiger partial charge in [0.05, 0.1) is 8.07 Å². The lowest BCUT2D eigenvalue weighted by atomic mass is 10.0. The third-order valence-corrected chi connectivity index (χ3v) is 14.5. The lowest BCUT2D eigenvalue weighted by molar-refractivity contribution is 0.880. The highest BCUT2D eigenvalue weighted by Crippen LogP contribution is 2.59. The van der Waals surface area contributed by atoms with E-state index >= 15 is 0 Å². The summed E-state index contributed by atoms with van der Waals surface area (Å²) < 4.78 is 0. The lowest BCUT2D eigenvalue weighted by Gasteiger charge is -2.43. The van der Waals surface area contributed by atoms with Gasteiger partial charge in [0.15, 0.2) is 0 Å². The lowest BCUT2D eigenvalue weighted by Crippen LogP contribution is -2.46. The molecule has 2 unspecified atom stereocenters. The molecule has 150 valence electrons. The third kappa shape index (κ3) is 2.70. The molecule has 3 aliphatic rings. The first-order valence-electron chi connectivity index (χ1n) is 11.7. The summed E-state index contributed by atoms with van der Waals surface area (Å²) in [5.74, 6) is 0. The molecule has 2 aromatic carbocycles. The summed E-state index contributed by atoms with van der Waals surface area (Å²) >= 11 is 0. The van der Waals surface area contributed by atoms with Gasteiger partial charge in [0.25, 0.3) is 0 Å². The van der Waals surface area contributed by atoms with Crippen molar-refractivity contribution in [2.45, 2.75) is 76.5 Å². The van der Waals surface area contributed by atoms with Crippen LogP contribution in [0.2, 0.25) is 12.1 Å². The molecule has 0 aromatic heterocycles. The molecule has 2 aromatic rings. The van der Waals surface area contributed by atoms with Crippen molar-refractivity contribution in [3.05, 3.63) is 80.9 Å². The van der Waals surface area contributed by atoms with Crippen molar-refractivity contribution < 1.29 is 0 Å². The van der Waals surface area contributed by atoms with Crippen molar-refractivity contribution in [1.82, 2.24) is 0 Å². The predicted molar refractivity (Wildman–Crippen MR) is 129 cm³/mol. The molecule has 2 aliphatic carbocycles. The summed E-state index contributed by atoms with van der Waals surface area (Å²) in [4.78, 5) is 0. The van der Waals surface area contributed by atoms with E-state index in [-0.39, 0.29) is 0 Å². The van der Waals surface area contributed by atoms with Gasteiger partial charge in [0.1, 0.15) is 0 Å². The Balaban J connectivity index is 1.73. The van der Waals surface area contributed by atoms with Crippen molar-refractivity contribution in [3.8, 4) is 0 Å². The Labute approximate surface area is 177 Å². The largest absolute Gasteiger partial charge is 0.0782 e. The first kappa shape index (κ1) is 19.1. The second-order valence-corrected chi connectivity index (χ2v) is 14.2. The Morgan fingerprint density at radius 1 is 0.724 bits per heavy atom. The fraction of sp³-hybridized carbons (Fsp3) is 0.429. The van der Waals surface area contributed by atoms with Gasteiger partial charge in [-0.05, 0) is 60.1 Å². The van der Waals surface area contributed by atoms with Crippen LogP contribution in [0.3, 0.4) is 0 Å². The van der Waals surface area contributed by atoms with E-state index in [1.165, 1.54) is 48.9 Å². The number of rotatable bonds is 4. The van der Waals surface area contributed by atoms with Crippen LogP contribution in [0.5, 0.6) is 0 Å². The maximum absolute atomic E-state index is 2.59. The fourth-order valence-corrected chi connectivity index (χ4v) is 14.3. The smallest absolute Gasteiger partial charge is 0.0650 e. The minimum Gasteiger partial charge on any atom is -0.0650 e. The van der Waals surface area contributed by atoms with Crippen molar-refractivity contribution in [1.29, 1.82) is 0 Å². The molecule has 0 saturated carbocycles. The molecule has 0 amide bonds. The Morgan fingerprint density at radius 2 is 1.17 bits per heavy atom. The number of hydrogen-bond donors (Lipinski definition) is 0. The van der Waals surface area contributed by atoms with Crippen LogP contribution in [-0.2, 0) is 0 Å². The van der Waals surface area contributed by atoms with Crippen LogP contribution in [0.4, 0.5) is 0 Å². The van der Waals surface area contributed by atoms with Crippen LogP contribution in [0.1, 0.15) is 84.0 Å². The van der Waals surface area contributed by atoms with E-state index in [1.807, 2.05) is 0 Å². The van der Waals surface area contributed by atoms with Crippen molar-refractivity contribution >= 4 is 20.2 Å². The third-order valence-electron chi connectivity index (χ3n) is 8.24. The van der Waals surface area contributed by atoms with Crippen LogP contribution in [-0.4, -0.2) is 8.07 Å². The van der Waals surface area contributed by atoms with Gasteiger partial charge in [-0.1, -0.05) is 98.5 Å². The maximum atomic E-state index is 2.59. The zero-order valence-corrected chi connectivity index (χ0v) is 19.5. The van der Waals surface area contributed by atoms with Gasteiger partial charge in [-0.15, -0.1) is 0 Å². The molecule has 1 aliphatic heterocycles. The molecule has 2 atom stereocenters. The summed E-state index contributed by atoms with van der Waals surface area (Å²) in [5, 5.41) is 0. The quantitative estimate of drug-likeness (QED) is 0.456. The van der Waals surface area contributed by atoms with E-state index in [2.05, 4.69) is 76.2 Å². The molecule has 1 saturated heterocycles. The maximum Gasteiger partial charge on any atom is 0.0782 e. The Kier molecular flexibility index (Phi) is 4.70. The topological polar surface area (TPSA) is 0 Å². The fourth-order valence-electron chi connectivity index (χ4n) is 6.99. The highest BCUT2D eigenvalue weighted by atomic mass is 28.3. The summed E-state index contributed by atoms with van der Waals surface area (Å²) in [5.41, 5.74) is 14.3. The summed E-state index contributed by atoms with van der Waals surface area (Å²) in [7, 11) is -1.62. The second kappa shape index (κ2) is 7.13. The molecule has 1 fully saturated rings. The zero-order chi connectivity index (χ0) is 20.2. The SMILES string of the molecule is CCC1=Cc2c(C)cccc2C1[Si]1(C2C(CC)=Cc3c(C)cccc32)CCCC1. The van der Waals surface area contributed by atoms with Crippen molar-refractivity contribution in [2.75, 3.05) is 0 Å². The van der Waals surface area contributed by atoms with Gasteiger partial charge in [0, 0.05) is 11.1 Å². The molecule has 0 spiro atoms. The summed E-state index contributed by atoms with van der Waals surface area (Å²) in [6.45, 7) is 9.39. The minimum absolute atomic E-state index is 0.719. The van der Waals surface area contributed by atoms with E-state index in [0.717, 1.165) is 11.1 Å². The predicted octanol–water partition coefficient (Wildman–Crippen LogP) is 8.11. The van der Waals surface area contributed by atoms with Crippen molar-refractivity contribution in [2.24, 2.45) is 0 Å². The summed E-state index contributed by atoms with van der Waals surface area (Å²) in [6, 6.07) is 17.2. The standard InChI is InChI=1S/C28H34Si/c1-5-21-17-25-19(3)11-9-13-23(25)27(21)29(15-7-8-16-29)28-22(6-2)18-26-20(4)12-10-14-24(26)28/h9-14,17-18,27-28H,5-8,15-16H2,1-4H3. The highest BCUT2D eigenvalue weighted by Gasteiger charge is 2.54. The van der Waals surface area contributed by atoms with Gasteiger partial charge < -0.3 is 0 Å². The van der Waals surface area contributed by atoms with Gasteiger partial charge in [-0.25, -0.2) is 0 Å². The van der Waals surface area contributed by atoms with E-state index in [9.17, 15) is 0 Å². The zero-order valence-electron chi connectivity index (χ0n) is 18.5.